The van der Waals surface area contributed by atoms with Crippen LogP contribution in [0.4, 0.5) is 0 Å². The number of hydrogen-bond acceptors (Lipinski definition) is 3. The molecule has 0 amide bonds. The normalized spacial score (nSPS) is 42.1. The minimum atomic E-state index is 0.269. The first-order chi connectivity index (χ1) is 6.79. The summed E-state index contributed by atoms with van der Waals surface area (Å²) in [5.74, 6) is 0.352. The van der Waals surface area contributed by atoms with E-state index in [1.165, 1.54) is 0 Å². The SMILES string of the molecule is CC1OCCC1N[C@@H]1C=C[C@H](CO)C1. The summed E-state index contributed by atoms with van der Waals surface area (Å²) in [5, 5.41) is 12.6. The lowest BCUT2D eigenvalue weighted by Gasteiger charge is -2.20. The Balaban J connectivity index is 1.79. The number of aliphatic hydroxyl groups is 1. The van der Waals surface area contributed by atoms with Crippen LogP contribution >= 0.6 is 0 Å². The molecular formula is C11H19NO2. The van der Waals surface area contributed by atoms with Crippen LogP contribution < -0.4 is 5.32 Å². The Kier molecular flexibility index (Phi) is 3.21. The highest BCUT2D eigenvalue weighted by molar-refractivity contribution is 5.07. The molecule has 0 aromatic rings. The highest BCUT2D eigenvalue weighted by Gasteiger charge is 2.27. The first kappa shape index (κ1) is 10.1. The first-order valence-corrected chi connectivity index (χ1v) is 5.46. The number of ether oxygens (including phenoxy) is 1. The van der Waals surface area contributed by atoms with E-state index < -0.39 is 0 Å². The van der Waals surface area contributed by atoms with Crippen molar-refractivity contribution in [1.29, 1.82) is 0 Å². The molecule has 0 aromatic heterocycles. The Morgan fingerprint density at radius 3 is 2.93 bits per heavy atom. The Bertz CT molecular complexity index is 217. The van der Waals surface area contributed by atoms with Crippen LogP contribution in [0.5, 0.6) is 0 Å². The van der Waals surface area contributed by atoms with Crippen molar-refractivity contribution in [2.75, 3.05) is 13.2 Å². The molecular weight excluding hydrogens is 178 g/mol. The average molecular weight is 197 g/mol. The van der Waals surface area contributed by atoms with Crippen LogP contribution in [0.2, 0.25) is 0 Å². The molecule has 0 radical (unpaired) electrons. The second kappa shape index (κ2) is 4.43. The largest absolute Gasteiger partial charge is 0.396 e. The van der Waals surface area contributed by atoms with Crippen LogP contribution in [0, 0.1) is 5.92 Å². The van der Waals surface area contributed by atoms with Crippen molar-refractivity contribution in [1.82, 2.24) is 5.32 Å². The fraction of sp³-hybridized carbons (Fsp3) is 0.818. The van der Waals surface area contributed by atoms with Gasteiger partial charge in [0.15, 0.2) is 0 Å². The lowest BCUT2D eigenvalue weighted by Crippen LogP contribution is -2.40. The monoisotopic (exact) mass is 197 g/mol. The van der Waals surface area contributed by atoms with Crippen molar-refractivity contribution in [3.05, 3.63) is 12.2 Å². The molecule has 3 nitrogen and oxygen atoms in total. The van der Waals surface area contributed by atoms with Gasteiger partial charge in [0.05, 0.1) is 6.10 Å². The van der Waals surface area contributed by atoms with Crippen molar-refractivity contribution < 1.29 is 9.84 Å². The van der Waals surface area contributed by atoms with Gasteiger partial charge in [-0.2, -0.15) is 0 Å². The summed E-state index contributed by atoms with van der Waals surface area (Å²) in [6, 6.07) is 0.920. The third-order valence-electron chi connectivity index (χ3n) is 3.21. The summed E-state index contributed by atoms with van der Waals surface area (Å²) in [5.41, 5.74) is 0. The van der Waals surface area contributed by atoms with Crippen LogP contribution in [0.15, 0.2) is 12.2 Å². The average Bonchev–Trinajstić information content (AvgIpc) is 2.77. The summed E-state index contributed by atoms with van der Waals surface area (Å²) < 4.78 is 5.49. The van der Waals surface area contributed by atoms with Crippen molar-refractivity contribution in [3.8, 4) is 0 Å². The molecule has 3 heteroatoms. The summed E-state index contributed by atoms with van der Waals surface area (Å²) >= 11 is 0. The number of hydrogen-bond donors (Lipinski definition) is 2. The van der Waals surface area contributed by atoms with Crippen molar-refractivity contribution in [3.63, 3.8) is 0 Å². The van der Waals surface area contributed by atoms with Crippen LogP contribution in [0.1, 0.15) is 19.8 Å². The van der Waals surface area contributed by atoms with E-state index in [-0.39, 0.29) is 6.61 Å². The first-order valence-electron chi connectivity index (χ1n) is 5.46. The molecule has 0 bridgehead atoms. The van der Waals surface area contributed by atoms with Crippen LogP contribution in [-0.4, -0.2) is 36.5 Å². The van der Waals surface area contributed by atoms with E-state index in [9.17, 15) is 0 Å². The molecule has 14 heavy (non-hydrogen) atoms. The smallest absolute Gasteiger partial charge is 0.0700 e. The molecule has 2 aliphatic rings. The lowest BCUT2D eigenvalue weighted by molar-refractivity contribution is 0.111. The molecule has 2 unspecified atom stereocenters. The Morgan fingerprint density at radius 1 is 1.50 bits per heavy atom. The molecule has 1 fully saturated rings. The Labute approximate surface area is 85.1 Å². The summed E-state index contributed by atoms with van der Waals surface area (Å²) in [6.07, 6.45) is 6.75. The quantitative estimate of drug-likeness (QED) is 0.654. The molecule has 4 atom stereocenters. The maximum absolute atomic E-state index is 8.99. The molecule has 1 heterocycles. The molecule has 1 aliphatic carbocycles. The van der Waals surface area contributed by atoms with Gasteiger partial charge in [-0.1, -0.05) is 12.2 Å². The van der Waals surface area contributed by atoms with E-state index in [1.807, 2.05) is 0 Å². The van der Waals surface area contributed by atoms with E-state index in [0.717, 1.165) is 19.4 Å². The Hall–Kier alpha value is -0.380. The number of aliphatic hydroxyl groups excluding tert-OH is 1. The highest BCUT2D eigenvalue weighted by Crippen LogP contribution is 2.20. The summed E-state index contributed by atoms with van der Waals surface area (Å²) in [6.45, 7) is 3.26. The van der Waals surface area contributed by atoms with E-state index in [4.69, 9.17) is 9.84 Å². The van der Waals surface area contributed by atoms with Crippen LogP contribution in [0.3, 0.4) is 0 Å². The fourth-order valence-corrected chi connectivity index (χ4v) is 2.26. The zero-order chi connectivity index (χ0) is 9.97. The van der Waals surface area contributed by atoms with E-state index >= 15 is 0 Å². The summed E-state index contributed by atoms with van der Waals surface area (Å²) in [4.78, 5) is 0. The van der Waals surface area contributed by atoms with Crippen LogP contribution in [0.25, 0.3) is 0 Å². The third kappa shape index (κ3) is 2.16. The second-order valence-electron chi connectivity index (χ2n) is 4.31. The minimum absolute atomic E-state index is 0.269. The molecule has 0 saturated carbocycles. The standard InChI is InChI=1S/C11H19NO2/c1-8-11(4-5-14-8)12-10-3-2-9(6-10)7-13/h2-3,8-13H,4-7H2,1H3/t8?,9-,10+,11?/m0/s1. The van der Waals surface area contributed by atoms with E-state index in [2.05, 4.69) is 24.4 Å². The van der Waals surface area contributed by atoms with Crippen molar-refractivity contribution >= 4 is 0 Å². The van der Waals surface area contributed by atoms with Crippen molar-refractivity contribution in [2.24, 2.45) is 5.92 Å². The molecule has 0 aromatic carbocycles. The van der Waals surface area contributed by atoms with Gasteiger partial charge in [-0.15, -0.1) is 0 Å². The molecule has 2 rings (SSSR count). The zero-order valence-corrected chi connectivity index (χ0v) is 8.65. The molecule has 80 valence electrons. The van der Waals surface area contributed by atoms with Crippen LogP contribution in [-0.2, 0) is 4.74 Å². The van der Waals surface area contributed by atoms with Gasteiger partial charge < -0.3 is 15.2 Å². The number of nitrogens with one attached hydrogen (secondary N) is 1. The van der Waals surface area contributed by atoms with Crippen molar-refractivity contribution in [2.45, 2.75) is 38.0 Å². The number of rotatable bonds is 3. The van der Waals surface area contributed by atoms with Gasteiger partial charge in [0.1, 0.15) is 0 Å². The fourth-order valence-electron chi connectivity index (χ4n) is 2.26. The molecule has 1 saturated heterocycles. The van der Waals surface area contributed by atoms with E-state index in [0.29, 0.717) is 24.1 Å². The van der Waals surface area contributed by atoms with Gasteiger partial charge in [0.25, 0.3) is 0 Å². The zero-order valence-electron chi connectivity index (χ0n) is 8.65. The van der Waals surface area contributed by atoms with Gasteiger partial charge in [0.2, 0.25) is 0 Å². The van der Waals surface area contributed by atoms with E-state index in [1.54, 1.807) is 0 Å². The van der Waals surface area contributed by atoms with Gasteiger partial charge in [-0.25, -0.2) is 0 Å². The molecule has 0 spiro atoms. The maximum Gasteiger partial charge on any atom is 0.0700 e. The topological polar surface area (TPSA) is 41.5 Å². The predicted octanol–water partition coefficient (Wildman–Crippen LogP) is 0.690. The highest BCUT2D eigenvalue weighted by atomic mass is 16.5. The molecule has 1 aliphatic heterocycles. The minimum Gasteiger partial charge on any atom is -0.396 e. The second-order valence-corrected chi connectivity index (χ2v) is 4.31. The predicted molar refractivity (Wildman–Crippen MR) is 55.1 cm³/mol. The van der Waals surface area contributed by atoms with Gasteiger partial charge >= 0.3 is 0 Å². The third-order valence-corrected chi connectivity index (χ3v) is 3.21. The molecule has 2 N–H and O–H groups in total. The summed E-state index contributed by atoms with van der Waals surface area (Å²) in [7, 11) is 0. The van der Waals surface area contributed by atoms with Gasteiger partial charge in [-0.3, -0.25) is 0 Å². The maximum atomic E-state index is 8.99. The Morgan fingerprint density at radius 2 is 2.36 bits per heavy atom. The van der Waals surface area contributed by atoms with Gasteiger partial charge in [-0.05, 0) is 19.8 Å². The van der Waals surface area contributed by atoms with Gasteiger partial charge in [0, 0.05) is 31.2 Å². The lowest BCUT2D eigenvalue weighted by atomic mass is 10.1.